The van der Waals surface area contributed by atoms with Crippen molar-refractivity contribution < 1.29 is 9.53 Å². The number of thioether (sulfide) groups is 1. The van der Waals surface area contributed by atoms with Gasteiger partial charge in [0.05, 0.1) is 10.9 Å². The molecule has 2 N–H and O–H groups in total. The van der Waals surface area contributed by atoms with E-state index in [2.05, 4.69) is 15.3 Å². The van der Waals surface area contributed by atoms with Crippen LogP contribution in [0.1, 0.15) is 18.2 Å². The Bertz CT molecular complexity index is 961. The number of rotatable bonds is 8. The van der Waals surface area contributed by atoms with Gasteiger partial charge in [-0.1, -0.05) is 60.3 Å². The Labute approximate surface area is 167 Å². The number of carbonyl (C=O) groups excluding carboxylic acids is 1. The van der Waals surface area contributed by atoms with E-state index in [4.69, 9.17) is 4.74 Å². The van der Waals surface area contributed by atoms with Crippen molar-refractivity contribution in [1.29, 1.82) is 0 Å². The Hall–Kier alpha value is -3.06. The summed E-state index contributed by atoms with van der Waals surface area (Å²) in [6.07, 6.45) is 0. The fraction of sp³-hybridized carbons (Fsp3) is 0.190. The smallest absolute Gasteiger partial charge is 0.251 e. The van der Waals surface area contributed by atoms with Crippen molar-refractivity contribution in [3.63, 3.8) is 0 Å². The van der Waals surface area contributed by atoms with Gasteiger partial charge in [0, 0.05) is 12.6 Å². The minimum absolute atomic E-state index is 0.123. The molecule has 3 aromatic rings. The average molecular weight is 395 g/mol. The number of aromatic nitrogens is 2. The zero-order chi connectivity index (χ0) is 19.8. The third-order valence-corrected chi connectivity index (χ3v) is 4.85. The minimum atomic E-state index is -0.405. The monoisotopic (exact) mass is 395 g/mol. The zero-order valence-corrected chi connectivity index (χ0v) is 16.2. The summed E-state index contributed by atoms with van der Waals surface area (Å²) in [4.78, 5) is 31.3. The predicted octanol–water partition coefficient (Wildman–Crippen LogP) is 3.15. The molecule has 1 aromatic heterocycles. The molecule has 7 heteroatoms. The van der Waals surface area contributed by atoms with Crippen LogP contribution in [0.4, 0.5) is 0 Å². The number of nitrogens with one attached hydrogen (secondary N) is 2. The molecule has 0 bridgehead atoms. The van der Waals surface area contributed by atoms with Crippen molar-refractivity contribution in [1.82, 2.24) is 15.3 Å². The van der Waals surface area contributed by atoms with Gasteiger partial charge >= 0.3 is 0 Å². The van der Waals surface area contributed by atoms with Gasteiger partial charge in [-0.15, -0.1) is 0 Å². The highest BCUT2D eigenvalue weighted by Gasteiger charge is 2.16. The number of hydrogen-bond acceptors (Lipinski definition) is 5. The topological polar surface area (TPSA) is 84.1 Å². The average Bonchev–Trinajstić information content (AvgIpc) is 2.71. The Morgan fingerprint density at radius 2 is 1.82 bits per heavy atom. The maximum Gasteiger partial charge on any atom is 0.251 e. The molecule has 1 amide bonds. The molecule has 0 aliphatic carbocycles. The maximum absolute atomic E-state index is 12.3. The second-order valence-corrected chi connectivity index (χ2v) is 7.44. The highest BCUT2D eigenvalue weighted by Crippen LogP contribution is 2.19. The van der Waals surface area contributed by atoms with Gasteiger partial charge in [-0.3, -0.25) is 9.59 Å². The summed E-state index contributed by atoms with van der Waals surface area (Å²) in [6, 6.07) is 20.4. The van der Waals surface area contributed by atoms with Gasteiger partial charge in [0.2, 0.25) is 5.91 Å². The molecular weight excluding hydrogens is 374 g/mol. The van der Waals surface area contributed by atoms with Crippen LogP contribution in [-0.4, -0.2) is 21.1 Å². The summed E-state index contributed by atoms with van der Waals surface area (Å²) < 4.78 is 5.64. The molecule has 1 heterocycles. The Morgan fingerprint density at radius 3 is 2.54 bits per heavy atom. The minimum Gasteiger partial charge on any atom is -0.487 e. The summed E-state index contributed by atoms with van der Waals surface area (Å²) in [5.74, 6) is 0.579. The molecule has 1 atom stereocenters. The van der Waals surface area contributed by atoms with Crippen LogP contribution in [0.15, 0.2) is 76.7 Å². The number of para-hydroxylation sites is 1. The molecule has 0 aliphatic heterocycles. The van der Waals surface area contributed by atoms with Gasteiger partial charge in [-0.2, -0.15) is 0 Å². The molecular formula is C21H21N3O3S. The molecule has 0 aliphatic rings. The number of carbonyl (C=O) groups is 1. The third kappa shape index (κ3) is 5.99. The van der Waals surface area contributed by atoms with Crippen LogP contribution in [-0.2, 0) is 17.9 Å². The van der Waals surface area contributed by atoms with Crippen molar-refractivity contribution in [3.8, 4) is 5.75 Å². The van der Waals surface area contributed by atoms with E-state index in [1.165, 1.54) is 17.8 Å². The highest BCUT2D eigenvalue weighted by molar-refractivity contribution is 8.00. The van der Waals surface area contributed by atoms with E-state index in [0.717, 1.165) is 5.56 Å². The van der Waals surface area contributed by atoms with Crippen LogP contribution < -0.4 is 15.6 Å². The lowest BCUT2D eigenvalue weighted by molar-refractivity contribution is -0.120. The van der Waals surface area contributed by atoms with Gasteiger partial charge in [0.1, 0.15) is 12.4 Å². The lowest BCUT2D eigenvalue weighted by Crippen LogP contribution is -2.30. The first kappa shape index (κ1) is 19.7. The molecule has 0 fully saturated rings. The largest absolute Gasteiger partial charge is 0.487 e. The van der Waals surface area contributed by atoms with E-state index in [9.17, 15) is 9.59 Å². The van der Waals surface area contributed by atoms with Crippen molar-refractivity contribution in [2.24, 2.45) is 0 Å². The van der Waals surface area contributed by atoms with E-state index in [1.807, 2.05) is 60.7 Å². The van der Waals surface area contributed by atoms with Gasteiger partial charge in [-0.05, 0) is 24.6 Å². The standard InChI is InChI=1S/C21H21N3O3S/c1-15(20(26)22-13-16-8-4-2-5-9-16)28-21-23-17(12-19(25)24-21)14-27-18-10-6-3-7-11-18/h2-12,15H,13-14H2,1H3,(H,22,26)(H,23,24,25). The number of amides is 1. The van der Waals surface area contributed by atoms with Crippen molar-refractivity contribution in [2.45, 2.75) is 30.5 Å². The quantitative estimate of drug-likeness (QED) is 0.452. The van der Waals surface area contributed by atoms with Crippen LogP contribution in [0.25, 0.3) is 0 Å². The van der Waals surface area contributed by atoms with Crippen LogP contribution in [0.3, 0.4) is 0 Å². The second kappa shape index (κ2) is 9.75. The van der Waals surface area contributed by atoms with Crippen molar-refractivity contribution >= 4 is 17.7 Å². The predicted molar refractivity (Wildman–Crippen MR) is 109 cm³/mol. The summed E-state index contributed by atoms with van der Waals surface area (Å²) in [6.45, 7) is 2.41. The van der Waals surface area contributed by atoms with Crippen LogP contribution in [0.5, 0.6) is 5.75 Å². The summed E-state index contributed by atoms with van der Waals surface area (Å²) in [5.41, 5.74) is 1.26. The lowest BCUT2D eigenvalue weighted by atomic mass is 10.2. The van der Waals surface area contributed by atoms with E-state index >= 15 is 0 Å². The number of hydrogen-bond donors (Lipinski definition) is 2. The van der Waals surface area contributed by atoms with E-state index in [0.29, 0.717) is 23.1 Å². The van der Waals surface area contributed by atoms with E-state index < -0.39 is 5.25 Å². The summed E-state index contributed by atoms with van der Waals surface area (Å²) >= 11 is 1.20. The SMILES string of the molecule is CC(Sc1nc(COc2ccccc2)cc(=O)[nH]1)C(=O)NCc1ccccc1. The molecule has 28 heavy (non-hydrogen) atoms. The Balaban J connectivity index is 1.57. The number of aromatic amines is 1. The van der Waals surface area contributed by atoms with Crippen LogP contribution in [0.2, 0.25) is 0 Å². The van der Waals surface area contributed by atoms with Gasteiger partial charge < -0.3 is 15.0 Å². The van der Waals surface area contributed by atoms with Gasteiger partial charge in [0.25, 0.3) is 5.56 Å². The molecule has 0 saturated heterocycles. The van der Waals surface area contributed by atoms with Crippen LogP contribution >= 0.6 is 11.8 Å². The fourth-order valence-electron chi connectivity index (χ4n) is 2.44. The first-order valence-electron chi connectivity index (χ1n) is 8.86. The van der Waals surface area contributed by atoms with Crippen molar-refractivity contribution in [3.05, 3.63) is 88.3 Å². The first-order valence-corrected chi connectivity index (χ1v) is 9.74. The van der Waals surface area contributed by atoms with Crippen molar-refractivity contribution in [2.75, 3.05) is 0 Å². The molecule has 144 valence electrons. The Kier molecular flexibility index (Phi) is 6.86. The molecule has 0 radical (unpaired) electrons. The number of benzene rings is 2. The number of ether oxygens (including phenoxy) is 1. The van der Waals surface area contributed by atoms with Gasteiger partial charge in [-0.25, -0.2) is 4.98 Å². The van der Waals surface area contributed by atoms with E-state index in [1.54, 1.807) is 6.92 Å². The highest BCUT2D eigenvalue weighted by atomic mass is 32.2. The van der Waals surface area contributed by atoms with Crippen LogP contribution in [0, 0.1) is 0 Å². The fourth-order valence-corrected chi connectivity index (χ4v) is 3.29. The maximum atomic E-state index is 12.3. The molecule has 2 aromatic carbocycles. The molecule has 1 unspecified atom stereocenters. The van der Waals surface area contributed by atoms with Gasteiger partial charge in [0.15, 0.2) is 5.16 Å². The number of nitrogens with zero attached hydrogens (tertiary/aromatic N) is 1. The summed E-state index contributed by atoms with van der Waals surface area (Å²) in [5, 5.41) is 2.88. The Morgan fingerprint density at radius 1 is 1.14 bits per heavy atom. The lowest BCUT2D eigenvalue weighted by Gasteiger charge is -2.12. The first-order chi connectivity index (χ1) is 13.6. The number of H-pyrrole nitrogens is 1. The normalized spacial score (nSPS) is 11.6. The third-order valence-electron chi connectivity index (χ3n) is 3.87. The molecule has 0 saturated carbocycles. The van der Waals surface area contributed by atoms with E-state index in [-0.39, 0.29) is 18.1 Å². The zero-order valence-electron chi connectivity index (χ0n) is 15.4. The second-order valence-electron chi connectivity index (χ2n) is 6.11. The summed E-state index contributed by atoms with van der Waals surface area (Å²) in [7, 11) is 0. The molecule has 0 spiro atoms. The molecule has 3 rings (SSSR count). The molecule has 6 nitrogen and oxygen atoms in total.